The molecule has 80 valence electrons. The van der Waals surface area contributed by atoms with Crippen molar-refractivity contribution in [2.45, 2.75) is 40.0 Å². The van der Waals surface area contributed by atoms with Gasteiger partial charge < -0.3 is 4.90 Å². The molecule has 2 nitrogen and oxygen atoms in total. The molecule has 0 N–H and O–H groups in total. The Morgan fingerprint density at radius 2 is 2.14 bits per heavy atom. The molecule has 0 heterocycles. The van der Waals surface area contributed by atoms with Crippen LogP contribution in [0.5, 0.6) is 0 Å². The van der Waals surface area contributed by atoms with Gasteiger partial charge in [0.2, 0.25) is 5.91 Å². The summed E-state index contributed by atoms with van der Waals surface area (Å²) in [5.41, 5.74) is 0. The summed E-state index contributed by atoms with van der Waals surface area (Å²) in [5.74, 6) is 3.30. The SMILES string of the molecule is C#CCN(CCC)C(=O)CCC(C)C. The van der Waals surface area contributed by atoms with Crippen LogP contribution < -0.4 is 0 Å². The summed E-state index contributed by atoms with van der Waals surface area (Å²) < 4.78 is 0. The maximum absolute atomic E-state index is 11.7. The van der Waals surface area contributed by atoms with E-state index in [1.165, 1.54) is 0 Å². The average Bonchev–Trinajstić information content (AvgIpc) is 2.14. The van der Waals surface area contributed by atoms with Gasteiger partial charge in [0.15, 0.2) is 0 Å². The quantitative estimate of drug-likeness (QED) is 0.595. The van der Waals surface area contributed by atoms with Gasteiger partial charge in [0, 0.05) is 13.0 Å². The highest BCUT2D eigenvalue weighted by Gasteiger charge is 2.11. The van der Waals surface area contributed by atoms with Crippen LogP contribution in [0, 0.1) is 18.3 Å². The zero-order chi connectivity index (χ0) is 11.0. The third-order valence-corrected chi connectivity index (χ3v) is 2.06. The number of amides is 1. The Kier molecular flexibility index (Phi) is 6.92. The minimum absolute atomic E-state index is 0.193. The van der Waals surface area contributed by atoms with Crippen molar-refractivity contribution in [2.24, 2.45) is 5.92 Å². The van der Waals surface area contributed by atoms with E-state index in [9.17, 15) is 4.79 Å². The topological polar surface area (TPSA) is 20.3 Å². The van der Waals surface area contributed by atoms with E-state index in [1.807, 2.05) is 0 Å². The van der Waals surface area contributed by atoms with E-state index < -0.39 is 0 Å². The average molecular weight is 195 g/mol. The molecule has 2 heteroatoms. The third kappa shape index (κ3) is 5.64. The van der Waals surface area contributed by atoms with Crippen LogP contribution in [-0.4, -0.2) is 23.9 Å². The molecular weight excluding hydrogens is 174 g/mol. The van der Waals surface area contributed by atoms with Gasteiger partial charge in [-0.15, -0.1) is 6.42 Å². The highest BCUT2D eigenvalue weighted by atomic mass is 16.2. The van der Waals surface area contributed by atoms with Gasteiger partial charge in [-0.25, -0.2) is 0 Å². The van der Waals surface area contributed by atoms with Crippen molar-refractivity contribution in [1.29, 1.82) is 0 Å². The molecule has 0 rings (SSSR count). The van der Waals surface area contributed by atoms with Gasteiger partial charge in [-0.3, -0.25) is 4.79 Å². The maximum Gasteiger partial charge on any atom is 0.223 e. The van der Waals surface area contributed by atoms with Crippen LogP contribution >= 0.6 is 0 Å². The summed E-state index contributed by atoms with van der Waals surface area (Å²) in [5, 5.41) is 0. The van der Waals surface area contributed by atoms with E-state index >= 15 is 0 Å². The lowest BCUT2D eigenvalue weighted by atomic mass is 10.1. The molecule has 1 amide bonds. The van der Waals surface area contributed by atoms with Crippen LogP contribution in [0.1, 0.15) is 40.0 Å². The molecule has 0 aromatic rings. The van der Waals surface area contributed by atoms with Gasteiger partial charge in [0.1, 0.15) is 0 Å². The van der Waals surface area contributed by atoms with E-state index in [1.54, 1.807) is 4.90 Å². The minimum Gasteiger partial charge on any atom is -0.332 e. The number of hydrogen-bond acceptors (Lipinski definition) is 1. The van der Waals surface area contributed by atoms with Gasteiger partial charge in [0.25, 0.3) is 0 Å². The first-order chi connectivity index (χ1) is 6.61. The molecule has 0 saturated heterocycles. The molecule has 0 aliphatic heterocycles. The third-order valence-electron chi connectivity index (χ3n) is 2.06. The fourth-order valence-corrected chi connectivity index (χ4v) is 1.24. The fourth-order valence-electron chi connectivity index (χ4n) is 1.24. The summed E-state index contributed by atoms with van der Waals surface area (Å²) in [6.07, 6.45) is 7.75. The van der Waals surface area contributed by atoms with Crippen LogP contribution in [0.4, 0.5) is 0 Å². The molecular formula is C12H21NO. The van der Waals surface area contributed by atoms with E-state index in [0.717, 1.165) is 19.4 Å². The van der Waals surface area contributed by atoms with Crippen molar-refractivity contribution in [1.82, 2.24) is 4.90 Å². The van der Waals surface area contributed by atoms with Gasteiger partial charge in [-0.2, -0.15) is 0 Å². The smallest absolute Gasteiger partial charge is 0.223 e. The second-order valence-electron chi connectivity index (χ2n) is 3.95. The van der Waals surface area contributed by atoms with Crippen molar-refractivity contribution in [3.8, 4) is 12.3 Å². The number of carbonyl (C=O) groups excluding carboxylic acids is 1. The Balaban J connectivity index is 3.96. The number of nitrogens with zero attached hydrogens (tertiary/aromatic N) is 1. The predicted octanol–water partition coefficient (Wildman–Crippen LogP) is 2.29. The van der Waals surface area contributed by atoms with Gasteiger partial charge in [-0.1, -0.05) is 26.7 Å². The lowest BCUT2D eigenvalue weighted by Crippen LogP contribution is -2.32. The zero-order valence-electron chi connectivity index (χ0n) is 9.55. The number of carbonyl (C=O) groups is 1. The first-order valence-corrected chi connectivity index (χ1v) is 5.33. The molecule has 0 aliphatic rings. The van der Waals surface area contributed by atoms with Gasteiger partial charge in [0.05, 0.1) is 6.54 Å². The Morgan fingerprint density at radius 3 is 2.57 bits per heavy atom. The number of rotatable bonds is 6. The molecule has 0 aromatic carbocycles. The van der Waals surface area contributed by atoms with Crippen molar-refractivity contribution < 1.29 is 4.79 Å². The highest BCUT2D eigenvalue weighted by molar-refractivity contribution is 5.76. The highest BCUT2D eigenvalue weighted by Crippen LogP contribution is 2.06. The first kappa shape index (κ1) is 13.0. The molecule has 0 aliphatic carbocycles. The van der Waals surface area contributed by atoms with E-state index in [2.05, 4.69) is 26.7 Å². The normalized spacial score (nSPS) is 9.93. The summed E-state index contributed by atoms with van der Waals surface area (Å²) in [7, 11) is 0. The molecule has 0 fully saturated rings. The zero-order valence-corrected chi connectivity index (χ0v) is 9.55. The summed E-state index contributed by atoms with van der Waals surface area (Å²) >= 11 is 0. The van der Waals surface area contributed by atoms with Crippen LogP contribution in [-0.2, 0) is 4.79 Å². The van der Waals surface area contributed by atoms with Crippen LogP contribution in [0.2, 0.25) is 0 Å². The van der Waals surface area contributed by atoms with Crippen molar-refractivity contribution in [3.63, 3.8) is 0 Å². The van der Waals surface area contributed by atoms with Crippen molar-refractivity contribution in [2.75, 3.05) is 13.1 Å². The molecule has 0 bridgehead atoms. The Bertz CT molecular complexity index is 203. The molecule has 0 unspecified atom stereocenters. The summed E-state index contributed by atoms with van der Waals surface area (Å²) in [6, 6.07) is 0. The molecule has 0 radical (unpaired) electrons. The number of terminal acetylenes is 1. The maximum atomic E-state index is 11.7. The fraction of sp³-hybridized carbons (Fsp3) is 0.750. The van der Waals surface area contributed by atoms with Crippen molar-refractivity contribution in [3.05, 3.63) is 0 Å². The second kappa shape index (κ2) is 7.44. The van der Waals surface area contributed by atoms with E-state index in [-0.39, 0.29) is 5.91 Å². The molecule has 0 atom stereocenters. The molecule has 0 aromatic heterocycles. The first-order valence-electron chi connectivity index (χ1n) is 5.33. The standard InChI is InChI=1S/C12H21NO/c1-5-9-13(10-6-2)12(14)8-7-11(3)4/h1,11H,6-10H2,2-4H3. The summed E-state index contributed by atoms with van der Waals surface area (Å²) in [6.45, 7) is 7.53. The Hall–Kier alpha value is -0.970. The molecule has 14 heavy (non-hydrogen) atoms. The van der Waals surface area contributed by atoms with Gasteiger partial charge in [-0.05, 0) is 18.8 Å². The predicted molar refractivity (Wildman–Crippen MR) is 59.8 cm³/mol. The minimum atomic E-state index is 0.193. The molecule has 0 saturated carbocycles. The lowest BCUT2D eigenvalue weighted by Gasteiger charge is -2.19. The second-order valence-corrected chi connectivity index (χ2v) is 3.95. The lowest BCUT2D eigenvalue weighted by molar-refractivity contribution is -0.130. The van der Waals surface area contributed by atoms with E-state index in [0.29, 0.717) is 18.9 Å². The van der Waals surface area contributed by atoms with Gasteiger partial charge >= 0.3 is 0 Å². The Labute approximate surface area is 87.7 Å². The van der Waals surface area contributed by atoms with E-state index in [4.69, 9.17) is 6.42 Å². The van der Waals surface area contributed by atoms with Crippen LogP contribution in [0.25, 0.3) is 0 Å². The largest absolute Gasteiger partial charge is 0.332 e. The van der Waals surface area contributed by atoms with Crippen LogP contribution in [0.3, 0.4) is 0 Å². The van der Waals surface area contributed by atoms with Crippen molar-refractivity contribution >= 4 is 5.91 Å². The monoisotopic (exact) mass is 195 g/mol. The van der Waals surface area contributed by atoms with Crippen LogP contribution in [0.15, 0.2) is 0 Å². The Morgan fingerprint density at radius 1 is 1.50 bits per heavy atom. The summed E-state index contributed by atoms with van der Waals surface area (Å²) in [4.78, 5) is 13.4. The number of hydrogen-bond donors (Lipinski definition) is 0. The molecule has 0 spiro atoms.